The standard InChI is InChI=1S/C24H24FN7O2.C2H4O2/c1-34-19-12-14(6-7-18(19)30-24(33)16-4-2-3-5-17(16)25)21-20-22(26)28-13-29-23(20)32(31-21)15-8-10-27-11-9-15;1-2(3)4/h2-7,12-13,15,27H,8-11H2,1H3,(H,30,33)(H2,26,28,29);1H3,(H,3,4). The van der Waals surface area contributed by atoms with Gasteiger partial charge in [0, 0.05) is 12.5 Å². The number of hydrogen-bond acceptors (Lipinski definition) is 8. The van der Waals surface area contributed by atoms with E-state index >= 15 is 0 Å². The van der Waals surface area contributed by atoms with Crippen molar-refractivity contribution in [1.29, 1.82) is 0 Å². The minimum Gasteiger partial charge on any atom is -0.495 e. The highest BCUT2D eigenvalue weighted by Gasteiger charge is 2.24. The van der Waals surface area contributed by atoms with Crippen LogP contribution in [0.4, 0.5) is 15.9 Å². The molecular formula is C26H28FN7O4. The summed E-state index contributed by atoms with van der Waals surface area (Å²) in [6.45, 7) is 2.90. The Labute approximate surface area is 217 Å². The Morgan fingerprint density at radius 3 is 2.58 bits per heavy atom. The zero-order chi connectivity index (χ0) is 27.2. The number of carboxylic acids is 1. The molecule has 1 aliphatic rings. The van der Waals surface area contributed by atoms with Crippen molar-refractivity contribution in [2.75, 3.05) is 31.2 Å². The van der Waals surface area contributed by atoms with Crippen LogP contribution in [0.1, 0.15) is 36.2 Å². The Balaban J connectivity index is 0.000000786. The fourth-order valence-corrected chi connectivity index (χ4v) is 4.28. The Morgan fingerprint density at radius 2 is 1.89 bits per heavy atom. The van der Waals surface area contributed by atoms with Crippen molar-refractivity contribution < 1.29 is 23.8 Å². The third kappa shape index (κ3) is 5.70. The van der Waals surface area contributed by atoms with Gasteiger partial charge in [-0.2, -0.15) is 5.10 Å². The van der Waals surface area contributed by atoms with E-state index in [2.05, 4.69) is 20.6 Å². The number of amides is 1. The van der Waals surface area contributed by atoms with Gasteiger partial charge in [-0.3, -0.25) is 9.59 Å². The van der Waals surface area contributed by atoms with Gasteiger partial charge in [0.1, 0.15) is 29.4 Å². The maximum atomic E-state index is 14.0. The number of carbonyl (C=O) groups is 2. The SMILES string of the molecule is CC(=O)O.COc1cc(-c2nn(C3CCNCC3)c3ncnc(N)c23)ccc1NC(=O)c1ccccc1F. The van der Waals surface area contributed by atoms with Gasteiger partial charge in [-0.05, 0) is 50.2 Å². The highest BCUT2D eigenvalue weighted by molar-refractivity contribution is 6.05. The first-order valence-electron chi connectivity index (χ1n) is 11.9. The average Bonchev–Trinajstić information content (AvgIpc) is 3.30. The Hall–Kier alpha value is -4.58. The van der Waals surface area contributed by atoms with Crippen molar-refractivity contribution in [2.24, 2.45) is 0 Å². The first-order chi connectivity index (χ1) is 18.3. The monoisotopic (exact) mass is 521 g/mol. The van der Waals surface area contributed by atoms with Gasteiger partial charge in [-0.1, -0.05) is 18.2 Å². The maximum Gasteiger partial charge on any atom is 0.300 e. The van der Waals surface area contributed by atoms with Gasteiger partial charge in [0.2, 0.25) is 0 Å². The molecule has 11 nitrogen and oxygen atoms in total. The molecule has 0 spiro atoms. The maximum absolute atomic E-state index is 14.0. The van der Waals surface area contributed by atoms with E-state index in [9.17, 15) is 9.18 Å². The summed E-state index contributed by atoms with van der Waals surface area (Å²) in [5, 5.41) is 19.1. The first-order valence-corrected chi connectivity index (χ1v) is 11.9. The van der Waals surface area contributed by atoms with Gasteiger partial charge in [0.15, 0.2) is 5.65 Å². The van der Waals surface area contributed by atoms with E-state index < -0.39 is 17.7 Å². The highest BCUT2D eigenvalue weighted by Crippen LogP contribution is 2.37. The quantitative estimate of drug-likeness (QED) is 0.308. The second-order valence-electron chi connectivity index (χ2n) is 8.60. The summed E-state index contributed by atoms with van der Waals surface area (Å²) in [5.41, 5.74) is 8.66. The number of carboxylic acid groups (broad SMARTS) is 1. The minimum atomic E-state index is -0.833. The molecule has 2 aromatic heterocycles. The normalized spacial score (nSPS) is 13.4. The molecule has 0 atom stereocenters. The second-order valence-corrected chi connectivity index (χ2v) is 8.60. The summed E-state index contributed by atoms with van der Waals surface area (Å²) in [6, 6.07) is 11.3. The number of aromatic nitrogens is 4. The summed E-state index contributed by atoms with van der Waals surface area (Å²) in [7, 11) is 1.50. The van der Waals surface area contributed by atoms with E-state index in [0.717, 1.165) is 38.4 Å². The van der Waals surface area contributed by atoms with Crippen LogP contribution >= 0.6 is 0 Å². The molecule has 38 heavy (non-hydrogen) atoms. The molecule has 1 aliphatic heterocycles. The summed E-state index contributed by atoms with van der Waals surface area (Å²) >= 11 is 0. The summed E-state index contributed by atoms with van der Waals surface area (Å²) in [5.74, 6) is -1.25. The van der Waals surface area contributed by atoms with E-state index in [0.29, 0.717) is 34.0 Å². The number of nitrogens with one attached hydrogen (secondary N) is 2. The van der Waals surface area contributed by atoms with Gasteiger partial charge in [-0.25, -0.2) is 19.0 Å². The molecule has 12 heteroatoms. The third-order valence-corrected chi connectivity index (χ3v) is 6.01. The van der Waals surface area contributed by atoms with E-state index in [1.54, 1.807) is 24.3 Å². The molecule has 1 amide bonds. The van der Waals surface area contributed by atoms with Crippen LogP contribution < -0.4 is 21.1 Å². The molecule has 0 unspecified atom stereocenters. The van der Waals surface area contributed by atoms with Crippen molar-refractivity contribution in [1.82, 2.24) is 25.1 Å². The number of benzene rings is 2. The molecule has 0 radical (unpaired) electrons. The number of rotatable bonds is 5. The smallest absolute Gasteiger partial charge is 0.300 e. The lowest BCUT2D eigenvalue weighted by atomic mass is 10.1. The third-order valence-electron chi connectivity index (χ3n) is 6.01. The van der Waals surface area contributed by atoms with Crippen LogP contribution in [0.5, 0.6) is 5.75 Å². The fourth-order valence-electron chi connectivity index (χ4n) is 4.28. The Bertz CT molecular complexity index is 1460. The lowest BCUT2D eigenvalue weighted by Crippen LogP contribution is -2.30. The number of anilines is 2. The Kier molecular flexibility index (Phi) is 8.12. The number of halogens is 1. The van der Waals surface area contributed by atoms with E-state index in [-0.39, 0.29) is 11.6 Å². The highest BCUT2D eigenvalue weighted by atomic mass is 19.1. The topological polar surface area (TPSA) is 157 Å². The zero-order valence-electron chi connectivity index (χ0n) is 20.9. The summed E-state index contributed by atoms with van der Waals surface area (Å²) in [6.07, 6.45) is 3.32. The molecule has 0 saturated carbocycles. The summed E-state index contributed by atoms with van der Waals surface area (Å²) in [4.78, 5) is 30.2. The molecule has 4 aromatic rings. The number of aliphatic carboxylic acids is 1. The number of carbonyl (C=O) groups excluding carboxylic acids is 1. The van der Waals surface area contributed by atoms with Crippen molar-refractivity contribution in [2.45, 2.75) is 25.8 Å². The Morgan fingerprint density at radius 1 is 1.18 bits per heavy atom. The molecule has 1 saturated heterocycles. The van der Waals surface area contributed by atoms with Crippen LogP contribution in [0.25, 0.3) is 22.3 Å². The number of piperidine rings is 1. The molecule has 198 valence electrons. The van der Waals surface area contributed by atoms with Gasteiger partial charge < -0.3 is 26.2 Å². The number of nitrogens with zero attached hydrogens (tertiary/aromatic N) is 4. The van der Waals surface area contributed by atoms with Gasteiger partial charge in [0.05, 0.1) is 29.8 Å². The van der Waals surface area contributed by atoms with Crippen molar-refractivity contribution in [3.8, 4) is 17.0 Å². The molecule has 2 aromatic carbocycles. The first kappa shape index (κ1) is 26.5. The van der Waals surface area contributed by atoms with Crippen molar-refractivity contribution >= 4 is 34.4 Å². The van der Waals surface area contributed by atoms with E-state index in [1.165, 1.54) is 31.6 Å². The van der Waals surface area contributed by atoms with Crippen LogP contribution in [-0.4, -0.2) is 56.9 Å². The van der Waals surface area contributed by atoms with Crippen LogP contribution in [0.15, 0.2) is 48.8 Å². The average molecular weight is 522 g/mol. The molecule has 0 aliphatic carbocycles. The zero-order valence-corrected chi connectivity index (χ0v) is 20.9. The van der Waals surface area contributed by atoms with Gasteiger partial charge >= 0.3 is 0 Å². The predicted octanol–water partition coefficient (Wildman–Crippen LogP) is 3.49. The summed E-state index contributed by atoms with van der Waals surface area (Å²) < 4.78 is 21.5. The van der Waals surface area contributed by atoms with Crippen molar-refractivity contribution in [3.63, 3.8) is 0 Å². The van der Waals surface area contributed by atoms with Gasteiger partial charge in [0.25, 0.3) is 11.9 Å². The molecule has 5 rings (SSSR count). The van der Waals surface area contributed by atoms with Crippen LogP contribution in [0.2, 0.25) is 0 Å². The number of ether oxygens (including phenoxy) is 1. The fraction of sp³-hybridized carbons (Fsp3) is 0.269. The number of fused-ring (bicyclic) bond motifs is 1. The molecule has 1 fully saturated rings. The van der Waals surface area contributed by atoms with Crippen LogP contribution in [0, 0.1) is 5.82 Å². The number of nitrogen functional groups attached to an aromatic ring is 1. The molecular weight excluding hydrogens is 493 g/mol. The van der Waals surface area contributed by atoms with Gasteiger partial charge in [-0.15, -0.1) is 0 Å². The second kappa shape index (κ2) is 11.6. The molecule has 5 N–H and O–H groups in total. The number of hydrogen-bond donors (Lipinski definition) is 4. The lowest BCUT2D eigenvalue weighted by molar-refractivity contribution is -0.134. The van der Waals surface area contributed by atoms with Crippen molar-refractivity contribution in [3.05, 3.63) is 60.2 Å². The number of methoxy groups -OCH3 is 1. The van der Waals surface area contributed by atoms with E-state index in [1.807, 2.05) is 4.68 Å². The van der Waals surface area contributed by atoms with Crippen LogP contribution in [0.3, 0.4) is 0 Å². The minimum absolute atomic E-state index is 0.0507. The van der Waals surface area contributed by atoms with E-state index in [4.69, 9.17) is 25.5 Å². The molecule has 3 heterocycles. The molecule has 0 bridgehead atoms. The largest absolute Gasteiger partial charge is 0.495 e. The van der Waals surface area contributed by atoms with Crippen LogP contribution in [-0.2, 0) is 4.79 Å². The predicted molar refractivity (Wildman–Crippen MR) is 141 cm³/mol. The number of nitrogens with two attached hydrogens (primary N) is 1. The lowest BCUT2D eigenvalue weighted by Gasteiger charge is -2.23.